The fraction of sp³-hybridized carbons (Fsp3) is 0.565. The van der Waals surface area contributed by atoms with Crippen LogP contribution in [0.5, 0.6) is 0 Å². The number of aliphatic imine (C=N–C) groups is 1. The van der Waals surface area contributed by atoms with E-state index >= 15 is 0 Å². The smallest absolute Gasteiger partial charge is 0.191 e. The maximum atomic E-state index is 5.53. The Morgan fingerprint density at radius 1 is 1.17 bits per heavy atom. The molecule has 0 radical (unpaired) electrons. The van der Waals surface area contributed by atoms with E-state index in [1.54, 1.807) is 0 Å². The molecule has 0 amide bonds. The fourth-order valence-electron chi connectivity index (χ4n) is 3.89. The van der Waals surface area contributed by atoms with Gasteiger partial charge < -0.3 is 15.4 Å². The van der Waals surface area contributed by atoms with Gasteiger partial charge in [0.1, 0.15) is 0 Å². The zero-order valence-corrected chi connectivity index (χ0v) is 18.6. The Morgan fingerprint density at radius 3 is 2.67 bits per heavy atom. The predicted octanol–water partition coefficient (Wildman–Crippen LogP) is 2.34. The molecule has 0 bridgehead atoms. The van der Waals surface area contributed by atoms with Gasteiger partial charge in [0.15, 0.2) is 5.96 Å². The molecule has 0 saturated carbocycles. The van der Waals surface area contributed by atoms with Crippen molar-refractivity contribution in [2.24, 2.45) is 10.9 Å². The van der Waals surface area contributed by atoms with Gasteiger partial charge in [0, 0.05) is 51.7 Å². The number of hydrogen-bond acceptors (Lipinski definition) is 4. The van der Waals surface area contributed by atoms with Crippen LogP contribution in [0.25, 0.3) is 0 Å². The molecule has 1 fully saturated rings. The quantitative estimate of drug-likeness (QED) is 0.489. The number of benzene rings is 1. The van der Waals surface area contributed by atoms with E-state index in [-0.39, 0.29) is 0 Å². The SMILES string of the molecule is CN=C(NCc1cccc(Cn2cccn2)c1)NCC(CC(C)C)N1CCOCC1. The average Bonchev–Trinajstić information content (AvgIpc) is 3.26. The summed E-state index contributed by atoms with van der Waals surface area (Å²) < 4.78 is 7.47. The maximum absolute atomic E-state index is 5.53. The number of hydrogen-bond donors (Lipinski definition) is 2. The van der Waals surface area contributed by atoms with Crippen LogP contribution in [0.3, 0.4) is 0 Å². The Morgan fingerprint density at radius 2 is 1.97 bits per heavy atom. The molecule has 1 saturated heterocycles. The van der Waals surface area contributed by atoms with Gasteiger partial charge in [0.2, 0.25) is 0 Å². The largest absolute Gasteiger partial charge is 0.379 e. The zero-order chi connectivity index (χ0) is 21.2. The zero-order valence-electron chi connectivity index (χ0n) is 18.6. The van der Waals surface area contributed by atoms with E-state index in [4.69, 9.17) is 4.74 Å². The molecular weight excluding hydrogens is 376 g/mol. The highest BCUT2D eigenvalue weighted by Gasteiger charge is 2.22. The first-order chi connectivity index (χ1) is 14.6. The molecule has 0 spiro atoms. The van der Waals surface area contributed by atoms with E-state index in [1.807, 2.05) is 30.2 Å². The van der Waals surface area contributed by atoms with Crippen LogP contribution in [-0.4, -0.2) is 66.6 Å². The second-order valence-electron chi connectivity index (χ2n) is 8.26. The van der Waals surface area contributed by atoms with Crippen molar-refractivity contribution in [3.05, 3.63) is 53.9 Å². The monoisotopic (exact) mass is 412 g/mol. The first-order valence-corrected chi connectivity index (χ1v) is 11.0. The van der Waals surface area contributed by atoms with Gasteiger partial charge in [-0.2, -0.15) is 5.10 Å². The lowest BCUT2D eigenvalue weighted by Crippen LogP contribution is -2.50. The highest BCUT2D eigenvalue weighted by molar-refractivity contribution is 5.79. The third-order valence-corrected chi connectivity index (χ3v) is 5.39. The van der Waals surface area contributed by atoms with Crippen molar-refractivity contribution in [1.29, 1.82) is 0 Å². The average molecular weight is 413 g/mol. The van der Waals surface area contributed by atoms with Crippen LogP contribution in [0, 0.1) is 5.92 Å². The van der Waals surface area contributed by atoms with Crippen molar-refractivity contribution in [3.8, 4) is 0 Å². The van der Waals surface area contributed by atoms with Gasteiger partial charge in [0.05, 0.1) is 19.8 Å². The second-order valence-corrected chi connectivity index (χ2v) is 8.26. The van der Waals surface area contributed by atoms with Gasteiger partial charge in [-0.1, -0.05) is 38.1 Å². The summed E-state index contributed by atoms with van der Waals surface area (Å²) in [5.74, 6) is 1.50. The molecule has 2 N–H and O–H groups in total. The molecule has 30 heavy (non-hydrogen) atoms. The topological polar surface area (TPSA) is 66.7 Å². The summed E-state index contributed by atoms with van der Waals surface area (Å²) in [6.07, 6.45) is 4.96. The molecule has 1 aliphatic rings. The number of morpholine rings is 1. The molecule has 164 valence electrons. The molecule has 1 aromatic heterocycles. The molecule has 1 atom stereocenters. The summed E-state index contributed by atoms with van der Waals surface area (Å²) >= 11 is 0. The lowest BCUT2D eigenvalue weighted by atomic mass is 10.0. The molecular formula is C23H36N6O. The minimum absolute atomic E-state index is 0.491. The Balaban J connectivity index is 1.51. The molecule has 7 nitrogen and oxygen atoms in total. The number of nitrogens with one attached hydrogen (secondary N) is 2. The second kappa shape index (κ2) is 11.7. The van der Waals surface area contributed by atoms with Crippen molar-refractivity contribution in [3.63, 3.8) is 0 Å². The number of rotatable bonds is 9. The molecule has 0 aliphatic carbocycles. The highest BCUT2D eigenvalue weighted by atomic mass is 16.5. The van der Waals surface area contributed by atoms with Gasteiger partial charge in [-0.25, -0.2) is 0 Å². The molecule has 1 unspecified atom stereocenters. The van der Waals surface area contributed by atoms with Gasteiger partial charge in [-0.05, 0) is 29.5 Å². The van der Waals surface area contributed by atoms with Crippen molar-refractivity contribution in [2.45, 2.75) is 39.4 Å². The Labute approximate surface area is 180 Å². The van der Waals surface area contributed by atoms with Crippen LogP contribution in [0.1, 0.15) is 31.4 Å². The van der Waals surface area contributed by atoms with E-state index in [2.05, 4.69) is 63.7 Å². The molecule has 1 aromatic carbocycles. The molecule has 2 heterocycles. The van der Waals surface area contributed by atoms with Crippen LogP contribution < -0.4 is 10.6 Å². The minimum Gasteiger partial charge on any atom is -0.379 e. The van der Waals surface area contributed by atoms with E-state index in [9.17, 15) is 0 Å². The lowest BCUT2D eigenvalue weighted by Gasteiger charge is -2.35. The summed E-state index contributed by atoms with van der Waals surface area (Å²) in [5, 5.41) is 11.3. The summed E-state index contributed by atoms with van der Waals surface area (Å²) in [7, 11) is 1.83. The summed E-state index contributed by atoms with van der Waals surface area (Å²) in [6.45, 7) is 10.7. The van der Waals surface area contributed by atoms with Gasteiger partial charge in [-0.3, -0.25) is 14.6 Å². The van der Waals surface area contributed by atoms with Crippen LogP contribution in [-0.2, 0) is 17.8 Å². The Hall–Kier alpha value is -2.38. The summed E-state index contributed by atoms with van der Waals surface area (Å²) in [5.41, 5.74) is 2.47. The molecule has 1 aliphatic heterocycles. The van der Waals surface area contributed by atoms with Gasteiger partial charge >= 0.3 is 0 Å². The van der Waals surface area contributed by atoms with Crippen molar-refractivity contribution >= 4 is 5.96 Å². The van der Waals surface area contributed by atoms with Crippen molar-refractivity contribution in [2.75, 3.05) is 39.9 Å². The third-order valence-electron chi connectivity index (χ3n) is 5.39. The summed E-state index contributed by atoms with van der Waals surface area (Å²) in [6, 6.07) is 11.0. The first-order valence-electron chi connectivity index (χ1n) is 11.0. The maximum Gasteiger partial charge on any atom is 0.191 e. The number of ether oxygens (including phenoxy) is 1. The van der Waals surface area contributed by atoms with E-state index in [0.717, 1.165) is 51.9 Å². The first kappa shape index (κ1) is 22.3. The predicted molar refractivity (Wildman–Crippen MR) is 122 cm³/mol. The van der Waals surface area contributed by atoms with Gasteiger partial charge in [0.25, 0.3) is 0 Å². The number of guanidine groups is 1. The van der Waals surface area contributed by atoms with Gasteiger partial charge in [-0.15, -0.1) is 0 Å². The number of nitrogens with zero attached hydrogens (tertiary/aromatic N) is 4. The minimum atomic E-state index is 0.491. The van der Waals surface area contributed by atoms with Crippen molar-refractivity contribution in [1.82, 2.24) is 25.3 Å². The Bertz CT molecular complexity index is 768. The molecule has 2 aromatic rings. The van der Waals surface area contributed by atoms with E-state index in [0.29, 0.717) is 12.0 Å². The highest BCUT2D eigenvalue weighted by Crippen LogP contribution is 2.13. The van der Waals surface area contributed by atoms with Crippen LogP contribution in [0.15, 0.2) is 47.7 Å². The van der Waals surface area contributed by atoms with E-state index < -0.39 is 0 Å². The fourth-order valence-corrected chi connectivity index (χ4v) is 3.89. The van der Waals surface area contributed by atoms with Crippen LogP contribution in [0.2, 0.25) is 0 Å². The standard InChI is InChI=1S/C23H36N6O/c1-19(2)14-22(28-10-12-30-13-11-28)17-26-23(24-3)25-16-20-6-4-7-21(15-20)18-29-9-5-8-27-29/h4-9,15,19,22H,10-14,16-18H2,1-3H3,(H2,24,25,26). The summed E-state index contributed by atoms with van der Waals surface area (Å²) in [4.78, 5) is 6.96. The van der Waals surface area contributed by atoms with Crippen LogP contribution >= 0.6 is 0 Å². The third kappa shape index (κ3) is 7.15. The van der Waals surface area contributed by atoms with Crippen molar-refractivity contribution < 1.29 is 4.74 Å². The Kier molecular flexibility index (Phi) is 8.71. The normalized spacial score (nSPS) is 16.6. The lowest BCUT2D eigenvalue weighted by molar-refractivity contribution is 0.0132. The molecule has 3 rings (SSSR count). The number of aromatic nitrogens is 2. The van der Waals surface area contributed by atoms with E-state index in [1.165, 1.54) is 17.5 Å². The molecule has 7 heteroatoms. The van der Waals surface area contributed by atoms with Crippen LogP contribution in [0.4, 0.5) is 0 Å².